The van der Waals surface area contributed by atoms with Gasteiger partial charge in [-0.3, -0.25) is 4.79 Å². The number of aromatic nitrogens is 1. The smallest absolute Gasteiger partial charge is 0.266 e. The molecule has 3 heterocycles. The molecule has 0 unspecified atom stereocenters. The minimum atomic E-state index is -0.101. The van der Waals surface area contributed by atoms with Gasteiger partial charge < -0.3 is 23.8 Å². The number of oxazole rings is 1. The highest BCUT2D eigenvalue weighted by atomic mass is 16.5. The van der Waals surface area contributed by atoms with Gasteiger partial charge in [0, 0.05) is 24.6 Å². The number of nitriles is 1. The van der Waals surface area contributed by atoms with Gasteiger partial charge in [0.25, 0.3) is 5.89 Å². The lowest BCUT2D eigenvalue weighted by molar-refractivity contribution is -0.125. The first-order valence-corrected chi connectivity index (χ1v) is 12.0. The van der Waals surface area contributed by atoms with Crippen LogP contribution in [0.4, 0.5) is 5.88 Å². The van der Waals surface area contributed by atoms with Crippen molar-refractivity contribution in [1.82, 2.24) is 10.3 Å². The second-order valence-electron chi connectivity index (χ2n) is 8.52. The van der Waals surface area contributed by atoms with Gasteiger partial charge in [0.2, 0.25) is 17.5 Å². The van der Waals surface area contributed by atoms with E-state index in [-0.39, 0.29) is 23.4 Å². The molecule has 0 spiro atoms. The van der Waals surface area contributed by atoms with E-state index in [1.54, 1.807) is 12.1 Å². The molecule has 182 valence electrons. The first-order chi connectivity index (χ1) is 17.7. The van der Waals surface area contributed by atoms with Crippen molar-refractivity contribution in [2.45, 2.75) is 12.8 Å². The summed E-state index contributed by atoms with van der Waals surface area (Å²) in [5, 5.41) is 12.5. The van der Waals surface area contributed by atoms with Gasteiger partial charge in [0.1, 0.15) is 18.4 Å². The maximum Gasteiger partial charge on any atom is 0.266 e. The fraction of sp³-hybridized carbons (Fsp3) is 0.250. The molecule has 2 aromatic heterocycles. The summed E-state index contributed by atoms with van der Waals surface area (Å²) in [4.78, 5) is 18.9. The Morgan fingerprint density at radius 2 is 1.86 bits per heavy atom. The quantitative estimate of drug-likeness (QED) is 0.357. The van der Waals surface area contributed by atoms with Crippen LogP contribution >= 0.6 is 0 Å². The number of rotatable bonds is 8. The van der Waals surface area contributed by atoms with Crippen molar-refractivity contribution in [3.63, 3.8) is 0 Å². The monoisotopic (exact) mass is 482 g/mol. The molecule has 1 aliphatic rings. The Morgan fingerprint density at radius 3 is 2.61 bits per heavy atom. The summed E-state index contributed by atoms with van der Waals surface area (Å²) in [7, 11) is 0. The molecule has 1 aliphatic heterocycles. The summed E-state index contributed by atoms with van der Waals surface area (Å²) in [6.45, 7) is 2.00. The molecule has 0 bridgehead atoms. The van der Waals surface area contributed by atoms with Crippen LogP contribution in [0.25, 0.3) is 22.8 Å². The minimum absolute atomic E-state index is 0.0175. The Bertz CT molecular complexity index is 1330. The molecule has 1 fully saturated rings. The van der Waals surface area contributed by atoms with Crippen molar-refractivity contribution in [2.75, 3.05) is 31.1 Å². The average molecular weight is 483 g/mol. The maximum atomic E-state index is 12.7. The molecule has 1 N–H and O–H groups in total. The fourth-order valence-corrected chi connectivity index (χ4v) is 4.38. The van der Waals surface area contributed by atoms with Crippen LogP contribution in [0.5, 0.6) is 5.75 Å². The molecule has 36 heavy (non-hydrogen) atoms. The predicted molar refractivity (Wildman–Crippen MR) is 134 cm³/mol. The fourth-order valence-electron chi connectivity index (χ4n) is 4.38. The summed E-state index contributed by atoms with van der Waals surface area (Å²) in [5.74, 6) is 1.88. The van der Waals surface area contributed by atoms with E-state index in [1.165, 1.54) is 6.26 Å². The van der Waals surface area contributed by atoms with Gasteiger partial charge in [-0.2, -0.15) is 10.2 Å². The highest BCUT2D eigenvalue weighted by Crippen LogP contribution is 2.32. The first-order valence-electron chi connectivity index (χ1n) is 12.0. The van der Waals surface area contributed by atoms with Crippen LogP contribution in [0, 0.1) is 17.2 Å². The largest absolute Gasteiger partial charge is 0.491 e. The van der Waals surface area contributed by atoms with E-state index in [2.05, 4.69) is 16.4 Å². The summed E-state index contributed by atoms with van der Waals surface area (Å²) < 4.78 is 17.1. The standard InChI is InChI=1S/C28H26N4O4/c29-19-23-28(36-27(31-23)25-11-6-17-34-25)32-15-12-21(13-16-32)26(33)30-14-18-35-24-10-5-4-9-22(24)20-7-2-1-3-8-20/h1-11,17,21H,12-16,18H2,(H,30,33). The Labute approximate surface area is 209 Å². The summed E-state index contributed by atoms with van der Waals surface area (Å²) in [6.07, 6.45) is 2.85. The van der Waals surface area contributed by atoms with E-state index < -0.39 is 0 Å². The van der Waals surface area contributed by atoms with Crippen molar-refractivity contribution in [2.24, 2.45) is 5.92 Å². The van der Waals surface area contributed by atoms with E-state index in [4.69, 9.17) is 13.6 Å². The number of ether oxygens (including phenoxy) is 1. The number of hydrogen-bond donors (Lipinski definition) is 1. The van der Waals surface area contributed by atoms with Crippen molar-refractivity contribution < 1.29 is 18.4 Å². The van der Waals surface area contributed by atoms with Gasteiger partial charge in [-0.05, 0) is 36.6 Å². The van der Waals surface area contributed by atoms with Gasteiger partial charge in [-0.25, -0.2) is 0 Å². The van der Waals surface area contributed by atoms with Crippen LogP contribution in [0.3, 0.4) is 0 Å². The Balaban J connectivity index is 1.11. The summed E-state index contributed by atoms with van der Waals surface area (Å²) in [6, 6.07) is 23.5. The lowest BCUT2D eigenvalue weighted by Gasteiger charge is -2.30. The first kappa shape index (κ1) is 23.2. The molecule has 1 saturated heterocycles. The molecule has 5 rings (SSSR count). The minimum Gasteiger partial charge on any atom is -0.491 e. The van der Waals surface area contributed by atoms with Gasteiger partial charge in [-0.15, -0.1) is 0 Å². The highest BCUT2D eigenvalue weighted by Gasteiger charge is 2.29. The number of carbonyl (C=O) groups excluding carboxylic acids is 1. The second kappa shape index (κ2) is 10.8. The highest BCUT2D eigenvalue weighted by molar-refractivity contribution is 5.79. The molecule has 0 saturated carbocycles. The van der Waals surface area contributed by atoms with Gasteiger partial charge in [0.15, 0.2) is 5.76 Å². The number of hydrogen-bond acceptors (Lipinski definition) is 7. The molecule has 0 radical (unpaired) electrons. The number of amides is 1. The second-order valence-corrected chi connectivity index (χ2v) is 8.52. The average Bonchev–Trinajstić information content (AvgIpc) is 3.62. The number of piperidine rings is 1. The third-order valence-corrected chi connectivity index (χ3v) is 6.23. The number of para-hydroxylation sites is 1. The van der Waals surface area contributed by atoms with E-state index in [9.17, 15) is 10.1 Å². The molecule has 4 aromatic rings. The third-order valence-electron chi connectivity index (χ3n) is 6.23. The van der Waals surface area contributed by atoms with Gasteiger partial charge >= 0.3 is 0 Å². The number of benzene rings is 2. The van der Waals surface area contributed by atoms with Crippen LogP contribution in [0.1, 0.15) is 18.5 Å². The predicted octanol–water partition coefficient (Wildman–Crippen LogP) is 4.88. The maximum absolute atomic E-state index is 12.7. The summed E-state index contributed by atoms with van der Waals surface area (Å²) in [5.41, 5.74) is 2.33. The van der Waals surface area contributed by atoms with Crippen molar-refractivity contribution in [3.8, 4) is 34.6 Å². The lowest BCUT2D eigenvalue weighted by Crippen LogP contribution is -2.41. The van der Waals surface area contributed by atoms with Crippen LogP contribution in [0.2, 0.25) is 0 Å². The zero-order chi connectivity index (χ0) is 24.7. The van der Waals surface area contributed by atoms with Crippen molar-refractivity contribution in [3.05, 3.63) is 78.7 Å². The van der Waals surface area contributed by atoms with E-state index >= 15 is 0 Å². The SMILES string of the molecule is N#Cc1nc(-c2ccco2)oc1N1CCC(C(=O)NCCOc2ccccc2-c2ccccc2)CC1. The Morgan fingerprint density at radius 1 is 1.08 bits per heavy atom. The molecule has 1 amide bonds. The van der Waals surface area contributed by atoms with Crippen LogP contribution in [-0.2, 0) is 4.79 Å². The molecule has 2 aromatic carbocycles. The molecular formula is C28H26N4O4. The van der Waals surface area contributed by atoms with Crippen molar-refractivity contribution >= 4 is 11.8 Å². The van der Waals surface area contributed by atoms with E-state index in [0.717, 1.165) is 16.9 Å². The molecular weight excluding hydrogens is 456 g/mol. The molecule has 8 nitrogen and oxygen atoms in total. The van der Waals surface area contributed by atoms with E-state index in [0.29, 0.717) is 50.7 Å². The zero-order valence-corrected chi connectivity index (χ0v) is 19.7. The topological polar surface area (TPSA) is 105 Å². The van der Waals surface area contributed by atoms with Crippen LogP contribution in [0.15, 0.2) is 81.8 Å². The van der Waals surface area contributed by atoms with Gasteiger partial charge in [-0.1, -0.05) is 48.5 Å². The number of carbonyl (C=O) groups is 1. The zero-order valence-electron chi connectivity index (χ0n) is 19.7. The number of furan rings is 1. The van der Waals surface area contributed by atoms with Gasteiger partial charge in [0.05, 0.1) is 12.8 Å². The van der Waals surface area contributed by atoms with Crippen molar-refractivity contribution in [1.29, 1.82) is 5.26 Å². The molecule has 0 atom stereocenters. The number of nitrogens with zero attached hydrogens (tertiary/aromatic N) is 3. The normalized spacial score (nSPS) is 13.8. The molecule has 8 heteroatoms. The van der Waals surface area contributed by atoms with Crippen LogP contribution in [-0.4, -0.2) is 37.1 Å². The van der Waals surface area contributed by atoms with E-state index in [1.807, 2.05) is 59.5 Å². The molecule has 0 aliphatic carbocycles. The Kier molecular flexibility index (Phi) is 6.99. The van der Waals surface area contributed by atoms with Crippen LogP contribution < -0.4 is 15.0 Å². The summed E-state index contributed by atoms with van der Waals surface area (Å²) >= 11 is 0. The lowest BCUT2D eigenvalue weighted by atomic mass is 9.96. The third kappa shape index (κ3) is 5.10. The number of nitrogens with one attached hydrogen (secondary N) is 1. The number of anilines is 1. The Hall–Kier alpha value is -4.51.